The average molecular weight is 183 g/mol. The lowest BCUT2D eigenvalue weighted by molar-refractivity contribution is 0.482. The molecule has 0 spiro atoms. The van der Waals surface area contributed by atoms with Crippen LogP contribution in [0.1, 0.15) is 26.7 Å². The van der Waals surface area contributed by atoms with Gasteiger partial charge in [0.15, 0.2) is 0 Å². The summed E-state index contributed by atoms with van der Waals surface area (Å²) in [7, 11) is -3.67. The molecule has 11 heavy (non-hydrogen) atoms. The molecule has 0 atom stereocenters. The first-order valence-electron chi connectivity index (χ1n) is 3.63. The first kappa shape index (κ1) is 13.5. The van der Waals surface area contributed by atoms with E-state index >= 15 is 0 Å². The van der Waals surface area contributed by atoms with Crippen molar-refractivity contribution in [3.05, 3.63) is 0 Å². The summed E-state index contributed by atoms with van der Waals surface area (Å²) in [6, 6.07) is 0. The van der Waals surface area contributed by atoms with Gasteiger partial charge in [0.1, 0.15) is 0 Å². The third-order valence-electron chi connectivity index (χ3n) is 0.751. The Morgan fingerprint density at radius 3 is 1.64 bits per heavy atom. The molecule has 0 rings (SSSR count). The summed E-state index contributed by atoms with van der Waals surface area (Å²) in [5.41, 5.74) is 5.03. The quantitative estimate of drug-likeness (QED) is 0.629. The lowest BCUT2D eigenvalue weighted by Crippen LogP contribution is -2.01. The van der Waals surface area contributed by atoms with Crippen LogP contribution in [0.15, 0.2) is 0 Å². The fourth-order valence-electron chi connectivity index (χ4n) is 0.258. The van der Waals surface area contributed by atoms with Crippen molar-refractivity contribution in [1.29, 1.82) is 0 Å². The van der Waals surface area contributed by atoms with Crippen LogP contribution in [-0.2, 0) is 10.1 Å². The molecule has 0 aliphatic heterocycles. The minimum absolute atomic E-state index is 0.132. The molecule has 0 aliphatic rings. The second-order valence-corrected chi connectivity index (χ2v) is 3.65. The molecule has 0 aromatic heterocycles. The summed E-state index contributed by atoms with van der Waals surface area (Å²) in [6.07, 6.45) is 1.57. The number of rotatable bonds is 3. The largest absolute Gasteiger partial charge is 0.330 e. The Labute approximate surface area is 68.5 Å². The van der Waals surface area contributed by atoms with E-state index in [0.29, 0.717) is 6.42 Å². The van der Waals surface area contributed by atoms with E-state index in [4.69, 9.17) is 10.3 Å². The topological polar surface area (TPSA) is 80.4 Å². The van der Waals surface area contributed by atoms with Crippen molar-refractivity contribution >= 4 is 10.1 Å². The Hall–Kier alpha value is -0.130. The zero-order chi connectivity index (χ0) is 9.33. The van der Waals surface area contributed by atoms with E-state index in [2.05, 4.69) is 6.92 Å². The van der Waals surface area contributed by atoms with Gasteiger partial charge in [-0.2, -0.15) is 8.42 Å². The highest BCUT2D eigenvalue weighted by Crippen LogP contribution is 1.83. The van der Waals surface area contributed by atoms with Gasteiger partial charge in [-0.15, -0.1) is 0 Å². The van der Waals surface area contributed by atoms with Crippen LogP contribution in [0.5, 0.6) is 0 Å². The van der Waals surface area contributed by atoms with Gasteiger partial charge >= 0.3 is 0 Å². The minimum Gasteiger partial charge on any atom is -0.330 e. The van der Waals surface area contributed by atoms with E-state index in [1.54, 1.807) is 6.92 Å². The Morgan fingerprint density at radius 2 is 1.64 bits per heavy atom. The highest BCUT2D eigenvalue weighted by atomic mass is 32.2. The van der Waals surface area contributed by atoms with Crippen molar-refractivity contribution in [2.75, 3.05) is 12.3 Å². The lowest BCUT2D eigenvalue weighted by atomic mass is 10.5. The second kappa shape index (κ2) is 7.97. The summed E-state index contributed by atoms with van der Waals surface area (Å²) in [6.45, 7) is 4.56. The normalized spacial score (nSPS) is 10.2. The zero-order valence-corrected chi connectivity index (χ0v) is 7.89. The van der Waals surface area contributed by atoms with Crippen LogP contribution in [0.3, 0.4) is 0 Å². The van der Waals surface area contributed by atoms with Crippen molar-refractivity contribution in [3.8, 4) is 0 Å². The fourth-order valence-corrected chi connectivity index (χ4v) is 0.774. The average Bonchev–Trinajstić information content (AvgIpc) is 1.86. The first-order chi connectivity index (χ1) is 4.97. The molecule has 70 valence electrons. The Morgan fingerprint density at radius 1 is 1.27 bits per heavy atom. The Kier molecular flexibility index (Phi) is 9.75. The molecule has 0 saturated carbocycles. The van der Waals surface area contributed by atoms with Gasteiger partial charge in [0.2, 0.25) is 0 Å². The van der Waals surface area contributed by atoms with Gasteiger partial charge in [-0.3, -0.25) is 4.55 Å². The smallest absolute Gasteiger partial charge is 0.264 e. The van der Waals surface area contributed by atoms with E-state index in [0.717, 1.165) is 13.0 Å². The van der Waals surface area contributed by atoms with Crippen molar-refractivity contribution < 1.29 is 13.0 Å². The van der Waals surface area contributed by atoms with Gasteiger partial charge in [-0.1, -0.05) is 13.8 Å². The van der Waals surface area contributed by atoms with Crippen LogP contribution in [0.4, 0.5) is 0 Å². The SMILES string of the molecule is CCCN.CCCS(=O)(=O)O. The standard InChI is InChI=1S/C3H9N.C3H8O3S/c1-2-3-4;1-2-3-7(4,5)6/h2-4H2,1H3;2-3H2,1H3,(H,4,5,6). The number of hydrogen-bond acceptors (Lipinski definition) is 3. The number of hydrogen-bond donors (Lipinski definition) is 2. The third-order valence-corrected chi connectivity index (χ3v) is 1.67. The van der Waals surface area contributed by atoms with E-state index in [1.165, 1.54) is 0 Å². The predicted octanol–water partition coefficient (Wildman–Crippen LogP) is 0.639. The summed E-state index contributed by atoms with van der Waals surface area (Å²) >= 11 is 0. The molecule has 0 bridgehead atoms. The molecule has 0 unspecified atom stereocenters. The molecular formula is C6H17NO3S. The maximum atomic E-state index is 9.79. The highest BCUT2D eigenvalue weighted by Gasteiger charge is 1.98. The van der Waals surface area contributed by atoms with Crippen molar-refractivity contribution in [3.63, 3.8) is 0 Å². The fraction of sp³-hybridized carbons (Fsp3) is 1.00. The van der Waals surface area contributed by atoms with E-state index in [9.17, 15) is 8.42 Å². The summed E-state index contributed by atoms with van der Waals surface area (Å²) in [5, 5.41) is 0. The van der Waals surface area contributed by atoms with E-state index < -0.39 is 10.1 Å². The van der Waals surface area contributed by atoms with Crippen LogP contribution in [-0.4, -0.2) is 25.3 Å². The molecule has 5 heteroatoms. The molecule has 0 fully saturated rings. The Balaban J connectivity index is 0. The van der Waals surface area contributed by atoms with Gasteiger partial charge in [0.05, 0.1) is 5.75 Å². The van der Waals surface area contributed by atoms with Crippen molar-refractivity contribution in [2.24, 2.45) is 5.73 Å². The summed E-state index contributed by atoms with van der Waals surface area (Å²) < 4.78 is 27.6. The second-order valence-electron chi connectivity index (χ2n) is 2.07. The van der Waals surface area contributed by atoms with Gasteiger partial charge in [-0.25, -0.2) is 0 Å². The van der Waals surface area contributed by atoms with Crippen LogP contribution in [0, 0.1) is 0 Å². The van der Waals surface area contributed by atoms with E-state index in [-0.39, 0.29) is 5.75 Å². The Bertz CT molecular complexity index is 151. The van der Waals surface area contributed by atoms with Crippen molar-refractivity contribution in [1.82, 2.24) is 0 Å². The molecule has 0 aromatic rings. The summed E-state index contributed by atoms with van der Waals surface area (Å²) in [4.78, 5) is 0. The highest BCUT2D eigenvalue weighted by molar-refractivity contribution is 7.85. The molecule has 4 nitrogen and oxygen atoms in total. The van der Waals surface area contributed by atoms with Crippen LogP contribution < -0.4 is 5.73 Å². The van der Waals surface area contributed by atoms with Gasteiger partial charge in [-0.05, 0) is 19.4 Å². The lowest BCUT2D eigenvalue weighted by Gasteiger charge is -1.85. The monoisotopic (exact) mass is 183 g/mol. The zero-order valence-electron chi connectivity index (χ0n) is 7.08. The van der Waals surface area contributed by atoms with Crippen LogP contribution in [0.25, 0.3) is 0 Å². The summed E-state index contributed by atoms with van der Waals surface area (Å²) in [5.74, 6) is -0.132. The maximum Gasteiger partial charge on any atom is 0.264 e. The van der Waals surface area contributed by atoms with Gasteiger partial charge in [0, 0.05) is 0 Å². The minimum atomic E-state index is -3.67. The first-order valence-corrected chi connectivity index (χ1v) is 5.24. The molecule has 0 radical (unpaired) electrons. The van der Waals surface area contributed by atoms with Crippen LogP contribution in [0.2, 0.25) is 0 Å². The predicted molar refractivity (Wildman–Crippen MR) is 46.1 cm³/mol. The molecule has 0 heterocycles. The van der Waals surface area contributed by atoms with E-state index in [1.807, 2.05) is 0 Å². The molecule has 0 aliphatic carbocycles. The molecular weight excluding hydrogens is 166 g/mol. The van der Waals surface area contributed by atoms with Crippen molar-refractivity contribution in [2.45, 2.75) is 26.7 Å². The maximum absolute atomic E-state index is 9.79. The number of nitrogens with two attached hydrogens (primary N) is 1. The molecule has 0 saturated heterocycles. The third kappa shape index (κ3) is 25.8. The van der Waals surface area contributed by atoms with Crippen LogP contribution >= 0.6 is 0 Å². The van der Waals surface area contributed by atoms with Gasteiger partial charge < -0.3 is 5.73 Å². The molecule has 0 aromatic carbocycles. The van der Waals surface area contributed by atoms with Gasteiger partial charge in [0.25, 0.3) is 10.1 Å². The molecule has 0 amide bonds. The molecule has 3 N–H and O–H groups in total.